The molecule has 6 nitrogen and oxygen atoms in total. The van der Waals surface area contributed by atoms with E-state index < -0.39 is 29.9 Å². The van der Waals surface area contributed by atoms with E-state index in [1.54, 1.807) is 6.92 Å². The number of aromatic nitrogens is 1. The summed E-state index contributed by atoms with van der Waals surface area (Å²) in [5.41, 5.74) is -2.16. The first kappa shape index (κ1) is 17.8. The molecule has 3 N–H and O–H groups in total. The molecule has 24 heavy (non-hydrogen) atoms. The Morgan fingerprint density at radius 2 is 1.96 bits per heavy atom. The number of anilines is 1. The van der Waals surface area contributed by atoms with Crippen molar-refractivity contribution in [3.8, 4) is 0 Å². The van der Waals surface area contributed by atoms with Crippen molar-refractivity contribution in [2.75, 3.05) is 11.9 Å². The summed E-state index contributed by atoms with van der Waals surface area (Å²) >= 11 is 0. The normalized spacial score (nSPS) is 14.1. The summed E-state index contributed by atoms with van der Waals surface area (Å²) in [6.45, 7) is 2.45. The predicted molar refractivity (Wildman–Crippen MR) is 79.3 cm³/mol. The van der Waals surface area contributed by atoms with Crippen LogP contribution in [0.15, 0.2) is 34.9 Å². The summed E-state index contributed by atoms with van der Waals surface area (Å²) in [5.74, 6) is 0.627. The maximum Gasteiger partial charge on any atom is 0.416 e. The highest BCUT2D eigenvalue weighted by atomic mass is 19.4. The average molecular weight is 343 g/mol. The van der Waals surface area contributed by atoms with E-state index >= 15 is 0 Å². The van der Waals surface area contributed by atoms with E-state index in [0.29, 0.717) is 5.76 Å². The highest BCUT2D eigenvalue weighted by Crippen LogP contribution is 2.32. The van der Waals surface area contributed by atoms with Crippen molar-refractivity contribution < 1.29 is 27.6 Å². The van der Waals surface area contributed by atoms with Crippen LogP contribution in [0.25, 0.3) is 0 Å². The molecular formula is C15H16F3N3O3. The lowest BCUT2D eigenvalue weighted by molar-refractivity contribution is -0.137. The Morgan fingerprint density at radius 1 is 1.29 bits per heavy atom. The number of aliphatic hydroxyl groups excluding tert-OH is 1. The Morgan fingerprint density at radius 3 is 2.50 bits per heavy atom. The number of rotatable bonds is 4. The number of hydrogen-bond acceptors (Lipinski definition) is 4. The van der Waals surface area contributed by atoms with Crippen molar-refractivity contribution in [1.29, 1.82) is 0 Å². The molecule has 1 heterocycles. The third-order valence-corrected chi connectivity index (χ3v) is 3.40. The number of benzene rings is 1. The van der Waals surface area contributed by atoms with Gasteiger partial charge in [0.25, 0.3) is 0 Å². The first-order chi connectivity index (χ1) is 11.1. The van der Waals surface area contributed by atoms with E-state index in [1.165, 1.54) is 25.1 Å². The molecule has 0 aliphatic heterocycles. The SMILES string of the molecule is Cc1cc(NC(=O)N[C@@](C)(CO)c2cccc(C(F)(F)F)c2)no1. The number of urea groups is 1. The monoisotopic (exact) mass is 343 g/mol. The maximum absolute atomic E-state index is 12.8. The zero-order valence-corrected chi connectivity index (χ0v) is 12.9. The Hall–Kier alpha value is -2.55. The molecule has 0 unspecified atom stereocenters. The first-order valence-electron chi connectivity index (χ1n) is 6.95. The molecule has 2 aromatic rings. The summed E-state index contributed by atoms with van der Waals surface area (Å²) in [7, 11) is 0. The third kappa shape index (κ3) is 4.05. The van der Waals surface area contributed by atoms with Crippen LogP contribution < -0.4 is 10.6 Å². The fraction of sp³-hybridized carbons (Fsp3) is 0.333. The van der Waals surface area contributed by atoms with Crippen molar-refractivity contribution in [2.45, 2.75) is 25.6 Å². The molecule has 1 aromatic heterocycles. The fourth-order valence-electron chi connectivity index (χ4n) is 2.07. The summed E-state index contributed by atoms with van der Waals surface area (Å²) < 4.78 is 43.3. The zero-order valence-electron chi connectivity index (χ0n) is 12.9. The van der Waals surface area contributed by atoms with Crippen molar-refractivity contribution in [1.82, 2.24) is 10.5 Å². The number of nitrogens with zero attached hydrogens (tertiary/aromatic N) is 1. The highest BCUT2D eigenvalue weighted by molar-refractivity contribution is 5.88. The lowest BCUT2D eigenvalue weighted by Crippen LogP contribution is -2.48. The number of aliphatic hydroxyl groups is 1. The van der Waals surface area contributed by atoms with E-state index in [4.69, 9.17) is 4.52 Å². The summed E-state index contributed by atoms with van der Waals surface area (Å²) in [6.07, 6.45) is -4.52. The number of hydrogen-bond donors (Lipinski definition) is 3. The second kappa shape index (κ2) is 6.52. The zero-order chi connectivity index (χ0) is 18.0. The molecule has 0 aliphatic carbocycles. The quantitative estimate of drug-likeness (QED) is 0.796. The van der Waals surface area contributed by atoms with Crippen molar-refractivity contribution >= 4 is 11.8 Å². The number of aryl methyl sites for hydroxylation is 1. The van der Waals surface area contributed by atoms with E-state index in [2.05, 4.69) is 15.8 Å². The van der Waals surface area contributed by atoms with Crippen LogP contribution in [0.4, 0.5) is 23.8 Å². The lowest BCUT2D eigenvalue weighted by atomic mass is 9.91. The molecule has 0 saturated carbocycles. The van der Waals surface area contributed by atoms with Gasteiger partial charge in [0.2, 0.25) is 0 Å². The van der Waals surface area contributed by atoms with E-state index in [-0.39, 0.29) is 11.4 Å². The van der Waals surface area contributed by atoms with Gasteiger partial charge in [-0.25, -0.2) is 4.79 Å². The second-order valence-electron chi connectivity index (χ2n) is 5.47. The van der Waals surface area contributed by atoms with E-state index in [1.807, 2.05) is 0 Å². The Labute approximate surface area is 135 Å². The number of halogens is 3. The predicted octanol–water partition coefficient (Wildman–Crippen LogP) is 3.03. The molecule has 1 atom stereocenters. The molecule has 0 radical (unpaired) electrons. The summed E-state index contributed by atoms with van der Waals surface area (Å²) in [4.78, 5) is 12.0. The van der Waals surface area contributed by atoms with Crippen molar-refractivity contribution in [2.24, 2.45) is 0 Å². The van der Waals surface area contributed by atoms with Gasteiger partial charge in [0.15, 0.2) is 5.82 Å². The van der Waals surface area contributed by atoms with Crippen LogP contribution in [-0.2, 0) is 11.7 Å². The molecule has 2 amide bonds. The van der Waals surface area contributed by atoms with Crippen LogP contribution >= 0.6 is 0 Å². The van der Waals surface area contributed by atoms with Gasteiger partial charge in [0.05, 0.1) is 17.7 Å². The lowest BCUT2D eigenvalue weighted by Gasteiger charge is -2.29. The first-order valence-corrected chi connectivity index (χ1v) is 6.95. The summed E-state index contributed by atoms with van der Waals surface area (Å²) in [6, 6.07) is 5.15. The molecule has 0 bridgehead atoms. The maximum atomic E-state index is 12.8. The minimum atomic E-state index is -4.52. The van der Waals surface area contributed by atoms with Gasteiger partial charge in [-0.15, -0.1) is 0 Å². The largest absolute Gasteiger partial charge is 0.416 e. The smallest absolute Gasteiger partial charge is 0.394 e. The van der Waals surface area contributed by atoms with Crippen LogP contribution in [0.3, 0.4) is 0 Å². The number of carbonyl (C=O) groups excluding carboxylic acids is 1. The number of carbonyl (C=O) groups is 1. The van der Waals surface area contributed by atoms with Gasteiger partial charge in [0.1, 0.15) is 5.76 Å². The van der Waals surface area contributed by atoms with Gasteiger partial charge in [-0.2, -0.15) is 13.2 Å². The third-order valence-electron chi connectivity index (χ3n) is 3.40. The average Bonchev–Trinajstić information content (AvgIpc) is 2.91. The minimum Gasteiger partial charge on any atom is -0.394 e. The van der Waals surface area contributed by atoms with E-state index in [9.17, 15) is 23.1 Å². The van der Waals surface area contributed by atoms with Crippen molar-refractivity contribution in [3.63, 3.8) is 0 Å². The van der Waals surface area contributed by atoms with Crippen molar-refractivity contribution in [3.05, 3.63) is 47.2 Å². The Kier molecular flexibility index (Phi) is 4.83. The van der Waals surface area contributed by atoms with Gasteiger partial charge in [-0.1, -0.05) is 17.3 Å². The minimum absolute atomic E-state index is 0.117. The highest BCUT2D eigenvalue weighted by Gasteiger charge is 2.34. The standard InChI is InChI=1S/C15H16F3N3O3/c1-9-6-12(21-24-9)19-13(23)20-14(2,8-22)10-4-3-5-11(7-10)15(16,17)18/h3-7,22H,8H2,1-2H3,(H2,19,20,21,23)/t14-/m0/s1. The van der Waals surface area contributed by atoms with Crippen LogP contribution in [-0.4, -0.2) is 22.9 Å². The number of amides is 2. The second-order valence-corrected chi connectivity index (χ2v) is 5.47. The van der Waals surface area contributed by atoms with Gasteiger partial charge in [-0.3, -0.25) is 5.32 Å². The molecule has 1 aromatic carbocycles. The molecular weight excluding hydrogens is 327 g/mol. The van der Waals surface area contributed by atoms with Crippen LogP contribution in [0.1, 0.15) is 23.8 Å². The van der Waals surface area contributed by atoms with Gasteiger partial charge in [-0.05, 0) is 31.5 Å². The molecule has 0 aliphatic rings. The molecule has 0 spiro atoms. The van der Waals surface area contributed by atoms with Crippen LogP contribution in [0.5, 0.6) is 0 Å². The summed E-state index contributed by atoms with van der Waals surface area (Å²) in [5, 5.41) is 18.0. The topological polar surface area (TPSA) is 87.4 Å². The molecule has 9 heteroatoms. The molecule has 130 valence electrons. The fourth-order valence-corrected chi connectivity index (χ4v) is 2.07. The van der Waals surface area contributed by atoms with Gasteiger partial charge < -0.3 is 14.9 Å². The Bertz CT molecular complexity index is 730. The number of nitrogens with one attached hydrogen (secondary N) is 2. The molecule has 0 fully saturated rings. The van der Waals surface area contributed by atoms with Crippen LogP contribution in [0.2, 0.25) is 0 Å². The Balaban J connectivity index is 2.20. The number of alkyl halides is 3. The van der Waals surface area contributed by atoms with Gasteiger partial charge >= 0.3 is 12.2 Å². The molecule has 0 saturated heterocycles. The van der Waals surface area contributed by atoms with Gasteiger partial charge in [0, 0.05) is 6.07 Å². The molecule has 2 rings (SSSR count). The van der Waals surface area contributed by atoms with Crippen LogP contribution in [0, 0.1) is 6.92 Å². The van der Waals surface area contributed by atoms with E-state index in [0.717, 1.165) is 12.1 Å².